The summed E-state index contributed by atoms with van der Waals surface area (Å²) >= 11 is 1.82. The van der Waals surface area contributed by atoms with Crippen LogP contribution in [0.5, 0.6) is 0 Å². The van der Waals surface area contributed by atoms with Crippen molar-refractivity contribution in [3.8, 4) is 0 Å². The highest BCUT2D eigenvalue weighted by Crippen LogP contribution is 2.14. The fraction of sp³-hybridized carbons (Fsp3) is 0.600. The number of rotatable bonds is 2. The Bertz CT molecular complexity index is 306. The van der Waals surface area contributed by atoms with Gasteiger partial charge in [-0.05, 0) is 13.8 Å². The first-order valence-corrected chi connectivity index (χ1v) is 5.97. The largest absolute Gasteiger partial charge is 0.478 e. The average Bonchev–Trinajstić information content (AvgIpc) is 2.27. The number of nitrogens with zero attached hydrogens (tertiary/aromatic N) is 1. The van der Waals surface area contributed by atoms with Gasteiger partial charge in [0.1, 0.15) is 0 Å². The maximum Gasteiger partial charge on any atom is 0.331 e. The summed E-state index contributed by atoms with van der Waals surface area (Å²) in [5.41, 5.74) is 0.479. The maximum atomic E-state index is 11.8. The summed E-state index contributed by atoms with van der Waals surface area (Å²) < 4.78 is 0. The number of hydrogen-bond acceptors (Lipinski definition) is 3. The van der Waals surface area contributed by atoms with Crippen molar-refractivity contribution in [1.82, 2.24) is 4.90 Å². The first kappa shape index (κ1) is 12.1. The molecular formula is C10H15NO3S. The van der Waals surface area contributed by atoms with Gasteiger partial charge < -0.3 is 10.0 Å². The van der Waals surface area contributed by atoms with Gasteiger partial charge in [-0.3, -0.25) is 4.79 Å². The second kappa shape index (κ2) is 5.21. The topological polar surface area (TPSA) is 57.6 Å². The highest BCUT2D eigenvalue weighted by Gasteiger charge is 2.20. The molecule has 1 saturated heterocycles. The molecule has 0 spiro atoms. The molecule has 0 aromatic rings. The average molecular weight is 229 g/mol. The third kappa shape index (κ3) is 2.99. The van der Waals surface area contributed by atoms with Crippen LogP contribution >= 0.6 is 11.8 Å². The van der Waals surface area contributed by atoms with Crippen LogP contribution in [-0.4, -0.2) is 46.5 Å². The Morgan fingerprint density at radius 2 is 1.67 bits per heavy atom. The molecule has 0 aromatic heterocycles. The molecule has 0 saturated carbocycles. The minimum absolute atomic E-state index is 0.137. The van der Waals surface area contributed by atoms with E-state index in [2.05, 4.69) is 0 Å². The van der Waals surface area contributed by atoms with Crippen LogP contribution in [-0.2, 0) is 9.59 Å². The predicted octanol–water partition coefficient (Wildman–Crippen LogP) is 0.983. The van der Waals surface area contributed by atoms with Gasteiger partial charge >= 0.3 is 5.97 Å². The van der Waals surface area contributed by atoms with Crippen LogP contribution in [0.15, 0.2) is 11.1 Å². The third-order valence-corrected chi connectivity index (χ3v) is 3.44. The van der Waals surface area contributed by atoms with Gasteiger partial charge in [0.15, 0.2) is 0 Å². The molecule has 1 N–H and O–H groups in total. The summed E-state index contributed by atoms with van der Waals surface area (Å²) in [7, 11) is 0. The Hall–Kier alpha value is -0.970. The molecular weight excluding hydrogens is 214 g/mol. The Morgan fingerprint density at radius 1 is 1.13 bits per heavy atom. The van der Waals surface area contributed by atoms with Crippen LogP contribution in [0.4, 0.5) is 0 Å². The van der Waals surface area contributed by atoms with E-state index in [0.29, 0.717) is 18.7 Å². The van der Waals surface area contributed by atoms with Crippen LogP contribution in [0.2, 0.25) is 0 Å². The summed E-state index contributed by atoms with van der Waals surface area (Å²) in [5.74, 6) is 0.707. The standard InChI is InChI=1S/C10H15NO3S/c1-7(8(2)10(13)14)9(12)11-3-5-15-6-4-11/h3-6H2,1-2H3,(H,13,14)/b8-7+. The van der Waals surface area contributed by atoms with E-state index >= 15 is 0 Å². The molecule has 4 nitrogen and oxygen atoms in total. The minimum Gasteiger partial charge on any atom is -0.478 e. The molecule has 1 rings (SSSR count). The molecule has 15 heavy (non-hydrogen) atoms. The van der Waals surface area contributed by atoms with Gasteiger partial charge in [0, 0.05) is 35.7 Å². The molecule has 1 heterocycles. The smallest absolute Gasteiger partial charge is 0.331 e. The van der Waals surface area contributed by atoms with E-state index in [0.717, 1.165) is 11.5 Å². The van der Waals surface area contributed by atoms with Gasteiger partial charge in [-0.2, -0.15) is 11.8 Å². The van der Waals surface area contributed by atoms with Gasteiger partial charge in [-0.1, -0.05) is 0 Å². The number of carbonyl (C=O) groups excluding carboxylic acids is 1. The number of thioether (sulfide) groups is 1. The van der Waals surface area contributed by atoms with Gasteiger partial charge in [0.2, 0.25) is 5.91 Å². The monoisotopic (exact) mass is 229 g/mol. The summed E-state index contributed by atoms with van der Waals surface area (Å²) in [5, 5.41) is 8.77. The summed E-state index contributed by atoms with van der Waals surface area (Å²) in [6.45, 7) is 4.48. The van der Waals surface area contributed by atoms with Crippen LogP contribution in [0.1, 0.15) is 13.8 Å². The highest BCUT2D eigenvalue weighted by molar-refractivity contribution is 7.99. The van der Waals surface area contributed by atoms with Crippen molar-refractivity contribution in [1.29, 1.82) is 0 Å². The molecule has 0 unspecified atom stereocenters. The highest BCUT2D eigenvalue weighted by atomic mass is 32.2. The predicted molar refractivity (Wildman–Crippen MR) is 59.9 cm³/mol. The maximum absolute atomic E-state index is 11.8. The van der Waals surface area contributed by atoms with E-state index in [9.17, 15) is 9.59 Å². The summed E-state index contributed by atoms with van der Waals surface area (Å²) in [4.78, 5) is 24.3. The van der Waals surface area contributed by atoms with Crippen molar-refractivity contribution < 1.29 is 14.7 Å². The summed E-state index contributed by atoms with van der Waals surface area (Å²) in [6, 6.07) is 0. The third-order valence-electron chi connectivity index (χ3n) is 2.50. The SMILES string of the molecule is C/C(C(=O)O)=C(/C)C(=O)N1CCSCC1. The van der Waals surface area contributed by atoms with E-state index < -0.39 is 5.97 Å². The van der Waals surface area contributed by atoms with Gasteiger partial charge in [-0.25, -0.2) is 4.79 Å². The Morgan fingerprint density at radius 3 is 2.13 bits per heavy atom. The lowest BCUT2D eigenvalue weighted by molar-refractivity contribution is -0.133. The first-order valence-electron chi connectivity index (χ1n) is 4.82. The molecule has 84 valence electrons. The molecule has 0 bridgehead atoms. The zero-order valence-corrected chi connectivity index (χ0v) is 9.76. The van der Waals surface area contributed by atoms with Crippen LogP contribution in [0, 0.1) is 0 Å². The number of hydrogen-bond donors (Lipinski definition) is 1. The van der Waals surface area contributed by atoms with Crippen LogP contribution in [0.25, 0.3) is 0 Å². The molecule has 0 aromatic carbocycles. The number of aliphatic carboxylic acids is 1. The van der Waals surface area contributed by atoms with Crippen LogP contribution < -0.4 is 0 Å². The zero-order valence-electron chi connectivity index (χ0n) is 8.95. The number of carboxylic acids is 1. The van der Waals surface area contributed by atoms with Crippen molar-refractivity contribution in [3.63, 3.8) is 0 Å². The van der Waals surface area contributed by atoms with Gasteiger partial charge in [-0.15, -0.1) is 0 Å². The molecule has 1 amide bonds. The second-order valence-corrected chi connectivity index (χ2v) is 4.68. The zero-order chi connectivity index (χ0) is 11.4. The molecule has 1 fully saturated rings. The number of amides is 1. The lowest BCUT2D eigenvalue weighted by Crippen LogP contribution is -2.38. The Balaban J connectivity index is 2.74. The number of carboxylic acid groups (broad SMARTS) is 1. The van der Waals surface area contributed by atoms with E-state index in [1.54, 1.807) is 11.8 Å². The lowest BCUT2D eigenvalue weighted by atomic mass is 10.1. The fourth-order valence-electron chi connectivity index (χ4n) is 1.32. The van der Waals surface area contributed by atoms with Crippen LogP contribution in [0.3, 0.4) is 0 Å². The van der Waals surface area contributed by atoms with E-state index in [-0.39, 0.29) is 11.5 Å². The van der Waals surface area contributed by atoms with Crippen molar-refractivity contribution in [2.45, 2.75) is 13.8 Å². The normalized spacial score (nSPS) is 18.4. The van der Waals surface area contributed by atoms with E-state index in [1.807, 2.05) is 11.8 Å². The fourth-order valence-corrected chi connectivity index (χ4v) is 2.23. The first-order chi connectivity index (χ1) is 7.04. The van der Waals surface area contributed by atoms with Gasteiger partial charge in [0.05, 0.1) is 0 Å². The number of carbonyl (C=O) groups is 2. The second-order valence-electron chi connectivity index (χ2n) is 3.46. The molecule has 1 aliphatic heterocycles. The van der Waals surface area contributed by atoms with E-state index in [1.165, 1.54) is 6.92 Å². The van der Waals surface area contributed by atoms with Crippen molar-refractivity contribution >= 4 is 23.6 Å². The summed E-state index contributed by atoms with van der Waals surface area (Å²) in [6.07, 6.45) is 0. The van der Waals surface area contributed by atoms with Crippen molar-refractivity contribution in [3.05, 3.63) is 11.1 Å². The molecule has 1 aliphatic rings. The Kier molecular flexibility index (Phi) is 4.20. The Labute approximate surface area is 93.3 Å². The quantitative estimate of drug-likeness (QED) is 0.717. The molecule has 5 heteroatoms. The van der Waals surface area contributed by atoms with E-state index in [4.69, 9.17) is 5.11 Å². The molecule has 0 radical (unpaired) electrons. The van der Waals surface area contributed by atoms with Crippen molar-refractivity contribution in [2.24, 2.45) is 0 Å². The molecule has 0 atom stereocenters. The minimum atomic E-state index is -1.02. The molecule has 0 aliphatic carbocycles. The van der Waals surface area contributed by atoms with Crippen molar-refractivity contribution in [2.75, 3.05) is 24.6 Å². The lowest BCUT2D eigenvalue weighted by Gasteiger charge is -2.26. The van der Waals surface area contributed by atoms with Gasteiger partial charge in [0.25, 0.3) is 0 Å².